The SMILES string of the molecule is COc1ccc2nccc(C(F)CC[C@@H]3CCN(CCSc4ccc(C(F)(F)F)cc4)C[C@@H]3C(=O)O)c2c1. The number of hydrogen-bond acceptors (Lipinski definition) is 5. The molecule has 3 aromatic rings. The van der Waals surface area contributed by atoms with Crippen molar-refractivity contribution in [3.63, 3.8) is 0 Å². The van der Waals surface area contributed by atoms with Crippen molar-refractivity contribution in [2.75, 3.05) is 32.5 Å². The summed E-state index contributed by atoms with van der Waals surface area (Å²) in [5.41, 5.74) is 0.524. The maximum absolute atomic E-state index is 15.4. The van der Waals surface area contributed by atoms with E-state index in [0.717, 1.165) is 17.0 Å². The number of carboxylic acids is 1. The number of aliphatic carboxylic acids is 1. The number of halogens is 4. The molecule has 0 bridgehead atoms. The number of pyridine rings is 1. The Morgan fingerprint density at radius 1 is 1.21 bits per heavy atom. The third-order valence-corrected chi connectivity index (χ3v) is 8.12. The van der Waals surface area contributed by atoms with Gasteiger partial charge in [-0.2, -0.15) is 13.2 Å². The Balaban J connectivity index is 1.30. The Kier molecular flexibility index (Phi) is 9.15. The van der Waals surface area contributed by atoms with Gasteiger partial charge in [0.25, 0.3) is 0 Å². The van der Waals surface area contributed by atoms with Crippen molar-refractivity contribution in [3.8, 4) is 5.75 Å². The van der Waals surface area contributed by atoms with Crippen LogP contribution >= 0.6 is 11.8 Å². The van der Waals surface area contributed by atoms with Gasteiger partial charge in [0.1, 0.15) is 11.9 Å². The zero-order valence-electron chi connectivity index (χ0n) is 21.0. The predicted octanol–water partition coefficient (Wildman–Crippen LogP) is 6.87. The van der Waals surface area contributed by atoms with Gasteiger partial charge >= 0.3 is 12.1 Å². The van der Waals surface area contributed by atoms with E-state index in [4.69, 9.17) is 4.74 Å². The summed E-state index contributed by atoms with van der Waals surface area (Å²) in [7, 11) is 1.55. The first-order valence-electron chi connectivity index (χ1n) is 12.5. The Morgan fingerprint density at radius 3 is 2.66 bits per heavy atom. The second kappa shape index (κ2) is 12.3. The number of hydrogen-bond donors (Lipinski definition) is 1. The van der Waals surface area contributed by atoms with E-state index in [2.05, 4.69) is 9.88 Å². The first-order chi connectivity index (χ1) is 18.2. The van der Waals surface area contributed by atoms with Crippen molar-refractivity contribution in [3.05, 3.63) is 65.9 Å². The molecular formula is C28H30F4N2O3S. The first kappa shape index (κ1) is 28.2. The molecule has 1 aliphatic heterocycles. The van der Waals surface area contributed by atoms with Gasteiger partial charge in [0.15, 0.2) is 0 Å². The van der Waals surface area contributed by atoms with Gasteiger partial charge in [-0.1, -0.05) is 0 Å². The summed E-state index contributed by atoms with van der Waals surface area (Å²) in [5, 5.41) is 10.6. The molecule has 4 rings (SSSR count). The van der Waals surface area contributed by atoms with Gasteiger partial charge in [-0.05, 0) is 85.8 Å². The van der Waals surface area contributed by atoms with Crippen LogP contribution in [0.15, 0.2) is 59.6 Å². The molecule has 204 valence electrons. The van der Waals surface area contributed by atoms with E-state index in [1.807, 2.05) is 0 Å². The van der Waals surface area contributed by atoms with E-state index in [1.165, 1.54) is 23.9 Å². The van der Waals surface area contributed by atoms with Crippen LogP contribution in [0.1, 0.15) is 36.6 Å². The normalized spacial score (nSPS) is 19.4. The number of rotatable bonds is 10. The molecule has 5 nitrogen and oxygen atoms in total. The third kappa shape index (κ3) is 6.96. The molecule has 0 aliphatic carbocycles. The molecule has 0 spiro atoms. The van der Waals surface area contributed by atoms with Crippen LogP contribution in [-0.2, 0) is 11.0 Å². The van der Waals surface area contributed by atoms with E-state index < -0.39 is 29.8 Å². The number of benzene rings is 2. The number of nitrogens with zero attached hydrogens (tertiary/aromatic N) is 2. The lowest BCUT2D eigenvalue weighted by atomic mass is 9.81. The minimum Gasteiger partial charge on any atom is -0.497 e. The van der Waals surface area contributed by atoms with Gasteiger partial charge in [0, 0.05) is 35.3 Å². The van der Waals surface area contributed by atoms with Crippen molar-refractivity contribution >= 4 is 28.6 Å². The number of likely N-dealkylation sites (tertiary alicyclic amines) is 1. The van der Waals surface area contributed by atoms with Crippen molar-refractivity contribution in [2.45, 2.75) is 36.5 Å². The Bertz CT molecular complexity index is 1240. The second-order valence-corrected chi connectivity index (χ2v) is 10.7. The third-order valence-electron chi connectivity index (χ3n) is 7.13. The van der Waals surface area contributed by atoms with Crippen LogP contribution in [0.5, 0.6) is 5.75 Å². The lowest BCUT2D eigenvalue weighted by Crippen LogP contribution is -2.44. The van der Waals surface area contributed by atoms with Gasteiger partial charge in [0.05, 0.1) is 24.1 Å². The lowest BCUT2D eigenvalue weighted by molar-refractivity contribution is -0.146. The van der Waals surface area contributed by atoms with Crippen LogP contribution in [0, 0.1) is 11.8 Å². The number of ether oxygens (including phenoxy) is 1. The minimum absolute atomic E-state index is 0.132. The van der Waals surface area contributed by atoms with Gasteiger partial charge in [-0.3, -0.25) is 9.78 Å². The van der Waals surface area contributed by atoms with E-state index in [1.54, 1.807) is 37.6 Å². The first-order valence-corrected chi connectivity index (χ1v) is 13.5. The molecule has 0 saturated carbocycles. The average Bonchev–Trinajstić information content (AvgIpc) is 2.91. The molecule has 1 saturated heterocycles. The summed E-state index contributed by atoms with van der Waals surface area (Å²) >= 11 is 1.44. The largest absolute Gasteiger partial charge is 0.497 e. The number of alkyl halides is 4. The monoisotopic (exact) mass is 550 g/mol. The molecule has 1 N–H and O–H groups in total. The molecule has 0 amide bonds. The van der Waals surface area contributed by atoms with Gasteiger partial charge < -0.3 is 14.7 Å². The summed E-state index contributed by atoms with van der Waals surface area (Å²) in [5.74, 6) is -0.361. The molecule has 1 unspecified atom stereocenters. The highest BCUT2D eigenvalue weighted by Gasteiger charge is 2.34. The molecule has 38 heavy (non-hydrogen) atoms. The number of carboxylic acid groups (broad SMARTS) is 1. The number of carbonyl (C=O) groups is 1. The topological polar surface area (TPSA) is 62.7 Å². The average molecular weight is 551 g/mol. The number of methoxy groups -OCH3 is 1. The molecule has 10 heteroatoms. The summed E-state index contributed by atoms with van der Waals surface area (Å²) < 4.78 is 58.9. The molecule has 2 aromatic carbocycles. The Hall–Kier alpha value is -2.85. The van der Waals surface area contributed by atoms with Gasteiger partial charge in [-0.25, -0.2) is 4.39 Å². The number of aromatic nitrogens is 1. The number of thioether (sulfide) groups is 1. The molecule has 1 fully saturated rings. The fourth-order valence-electron chi connectivity index (χ4n) is 4.99. The molecule has 0 radical (unpaired) electrons. The standard InChI is InChI=1S/C28H30F4N2O3S/c1-37-20-5-9-26-23(16-20)22(10-12-33-26)25(29)8-2-18-11-13-34(17-24(18)27(35)36)14-15-38-21-6-3-19(4-7-21)28(30,31)32/h3-7,9-10,12,16,18,24-25H,2,8,11,13-15,17H2,1H3,(H,35,36)/t18-,24+,25?/m1/s1. The summed E-state index contributed by atoms with van der Waals surface area (Å²) in [4.78, 5) is 19.1. The van der Waals surface area contributed by atoms with Gasteiger partial charge in [0.2, 0.25) is 0 Å². The zero-order chi connectivity index (χ0) is 27.3. The van der Waals surface area contributed by atoms with Crippen LogP contribution < -0.4 is 4.74 Å². The maximum atomic E-state index is 15.4. The van der Waals surface area contributed by atoms with E-state index in [-0.39, 0.29) is 12.3 Å². The molecule has 1 aromatic heterocycles. The fourth-order valence-corrected chi connectivity index (χ4v) is 5.91. The molecular weight excluding hydrogens is 520 g/mol. The highest BCUT2D eigenvalue weighted by Crippen LogP contribution is 2.36. The predicted molar refractivity (Wildman–Crippen MR) is 139 cm³/mol. The summed E-state index contributed by atoms with van der Waals surface area (Å²) in [6.45, 7) is 1.70. The van der Waals surface area contributed by atoms with Crippen molar-refractivity contribution in [1.29, 1.82) is 0 Å². The minimum atomic E-state index is -4.36. The van der Waals surface area contributed by atoms with E-state index in [0.29, 0.717) is 60.4 Å². The molecule has 2 heterocycles. The van der Waals surface area contributed by atoms with Crippen LogP contribution in [0.3, 0.4) is 0 Å². The maximum Gasteiger partial charge on any atom is 0.416 e. The van der Waals surface area contributed by atoms with Crippen LogP contribution in [0.25, 0.3) is 10.9 Å². The van der Waals surface area contributed by atoms with E-state index >= 15 is 4.39 Å². The van der Waals surface area contributed by atoms with Crippen molar-refractivity contribution in [2.24, 2.45) is 11.8 Å². The Labute approximate surface area is 223 Å². The van der Waals surface area contributed by atoms with Crippen molar-refractivity contribution in [1.82, 2.24) is 9.88 Å². The van der Waals surface area contributed by atoms with Crippen LogP contribution in [0.2, 0.25) is 0 Å². The lowest BCUT2D eigenvalue weighted by Gasteiger charge is -2.36. The zero-order valence-corrected chi connectivity index (χ0v) is 21.8. The van der Waals surface area contributed by atoms with Gasteiger partial charge in [-0.15, -0.1) is 11.8 Å². The van der Waals surface area contributed by atoms with E-state index in [9.17, 15) is 23.1 Å². The number of fused-ring (bicyclic) bond motifs is 1. The molecule has 3 atom stereocenters. The second-order valence-electron chi connectivity index (χ2n) is 9.49. The van der Waals surface area contributed by atoms with Crippen LogP contribution in [-0.4, -0.2) is 53.5 Å². The summed E-state index contributed by atoms with van der Waals surface area (Å²) in [6.07, 6.45) is -2.70. The Morgan fingerprint density at radius 2 is 1.97 bits per heavy atom. The van der Waals surface area contributed by atoms with Crippen molar-refractivity contribution < 1.29 is 32.2 Å². The quantitative estimate of drug-likeness (QED) is 0.220. The summed E-state index contributed by atoms with van der Waals surface area (Å²) in [6, 6.07) is 12.0. The molecule has 1 aliphatic rings. The number of piperidine rings is 1. The highest BCUT2D eigenvalue weighted by molar-refractivity contribution is 7.99. The van der Waals surface area contributed by atoms with Crippen LogP contribution in [0.4, 0.5) is 17.6 Å². The highest BCUT2D eigenvalue weighted by atomic mass is 32.2. The fraction of sp³-hybridized carbons (Fsp3) is 0.429. The smallest absolute Gasteiger partial charge is 0.416 e.